The van der Waals surface area contributed by atoms with Gasteiger partial charge in [-0.1, -0.05) is 12.1 Å². The fourth-order valence-corrected chi connectivity index (χ4v) is 3.71. The standard InChI is InChI=1S/C19H29N3O.ClH/c1-15-13-17(7-9-20-15)19(23)21-18-6-4-5-16(14-18)8-12-22-10-2-3-11-22;/h4-6,14-15,17,20H,2-3,7-13H2,1H3,(H,21,23);1H/t15-,17-;/m0./s1. The third-order valence-corrected chi connectivity index (χ3v) is 5.10. The van der Waals surface area contributed by atoms with Crippen LogP contribution in [0.25, 0.3) is 0 Å². The van der Waals surface area contributed by atoms with Crippen LogP contribution in [-0.4, -0.2) is 43.0 Å². The number of nitrogens with zero attached hydrogens (tertiary/aromatic N) is 1. The molecule has 4 nitrogen and oxygen atoms in total. The minimum atomic E-state index is 0. The van der Waals surface area contributed by atoms with Crippen LogP contribution in [-0.2, 0) is 11.2 Å². The molecule has 1 aromatic rings. The number of anilines is 1. The summed E-state index contributed by atoms with van der Waals surface area (Å²) in [6.45, 7) is 6.70. The molecular formula is C19H30ClN3O. The predicted molar refractivity (Wildman–Crippen MR) is 102 cm³/mol. The number of piperidine rings is 1. The van der Waals surface area contributed by atoms with Gasteiger partial charge in [0, 0.05) is 24.2 Å². The highest BCUT2D eigenvalue weighted by Crippen LogP contribution is 2.19. The lowest BCUT2D eigenvalue weighted by atomic mass is 9.92. The van der Waals surface area contributed by atoms with Crippen molar-refractivity contribution in [3.8, 4) is 0 Å². The van der Waals surface area contributed by atoms with Crippen LogP contribution in [0.3, 0.4) is 0 Å². The van der Waals surface area contributed by atoms with Gasteiger partial charge >= 0.3 is 0 Å². The Morgan fingerprint density at radius 2 is 2.12 bits per heavy atom. The number of carbonyl (C=O) groups is 1. The number of nitrogens with one attached hydrogen (secondary N) is 2. The normalized spacial score (nSPS) is 24.4. The van der Waals surface area contributed by atoms with E-state index in [2.05, 4.69) is 40.7 Å². The maximum atomic E-state index is 12.4. The Balaban J connectivity index is 0.00000208. The molecule has 2 saturated heterocycles. The van der Waals surface area contributed by atoms with Gasteiger partial charge in [-0.25, -0.2) is 0 Å². The first-order valence-corrected chi connectivity index (χ1v) is 9.06. The van der Waals surface area contributed by atoms with E-state index < -0.39 is 0 Å². The van der Waals surface area contributed by atoms with Gasteiger partial charge in [0.15, 0.2) is 0 Å². The summed E-state index contributed by atoms with van der Waals surface area (Å²) in [5.74, 6) is 0.314. The number of carbonyl (C=O) groups excluding carboxylic acids is 1. The first-order chi connectivity index (χ1) is 11.2. The van der Waals surface area contributed by atoms with Crippen LogP contribution in [0.15, 0.2) is 24.3 Å². The summed E-state index contributed by atoms with van der Waals surface area (Å²) in [6, 6.07) is 8.80. The van der Waals surface area contributed by atoms with Crippen molar-refractivity contribution in [2.45, 2.75) is 45.1 Å². The first-order valence-electron chi connectivity index (χ1n) is 9.06. The highest BCUT2D eigenvalue weighted by Gasteiger charge is 2.24. The molecule has 0 aliphatic carbocycles. The van der Waals surface area contributed by atoms with E-state index in [1.165, 1.54) is 31.5 Å². The molecule has 2 aliphatic heterocycles. The number of benzene rings is 1. The van der Waals surface area contributed by atoms with Crippen molar-refractivity contribution in [3.05, 3.63) is 29.8 Å². The minimum Gasteiger partial charge on any atom is -0.326 e. The zero-order valence-corrected chi connectivity index (χ0v) is 15.4. The van der Waals surface area contributed by atoms with E-state index in [-0.39, 0.29) is 24.2 Å². The van der Waals surface area contributed by atoms with Gasteiger partial charge < -0.3 is 15.5 Å². The number of amides is 1. The number of hydrogen-bond donors (Lipinski definition) is 2. The van der Waals surface area contributed by atoms with Crippen LogP contribution in [0.1, 0.15) is 38.2 Å². The van der Waals surface area contributed by atoms with Gasteiger partial charge in [0.25, 0.3) is 0 Å². The molecule has 0 aromatic heterocycles. The van der Waals surface area contributed by atoms with Crippen molar-refractivity contribution in [1.29, 1.82) is 0 Å². The Bertz CT molecular complexity index is 531. The van der Waals surface area contributed by atoms with E-state index >= 15 is 0 Å². The van der Waals surface area contributed by atoms with Crippen molar-refractivity contribution in [1.82, 2.24) is 10.2 Å². The third kappa shape index (κ3) is 5.47. The molecule has 5 heteroatoms. The highest BCUT2D eigenvalue weighted by molar-refractivity contribution is 5.92. The fourth-order valence-electron chi connectivity index (χ4n) is 3.71. The molecule has 2 heterocycles. The first kappa shape index (κ1) is 19.2. The lowest BCUT2D eigenvalue weighted by Gasteiger charge is -2.27. The lowest BCUT2D eigenvalue weighted by molar-refractivity contribution is -0.120. The Morgan fingerprint density at radius 1 is 1.33 bits per heavy atom. The van der Waals surface area contributed by atoms with Crippen LogP contribution >= 0.6 is 12.4 Å². The van der Waals surface area contributed by atoms with E-state index in [0.717, 1.165) is 38.0 Å². The maximum absolute atomic E-state index is 12.4. The molecular weight excluding hydrogens is 322 g/mol. The summed E-state index contributed by atoms with van der Waals surface area (Å²) < 4.78 is 0. The molecule has 24 heavy (non-hydrogen) atoms. The monoisotopic (exact) mass is 351 g/mol. The Kier molecular flexibility index (Phi) is 7.53. The van der Waals surface area contributed by atoms with E-state index in [0.29, 0.717) is 6.04 Å². The SMILES string of the molecule is C[C@H]1C[C@@H](C(=O)Nc2cccc(CCN3CCCC3)c2)CCN1.Cl. The van der Waals surface area contributed by atoms with Crippen molar-refractivity contribution < 1.29 is 4.79 Å². The fraction of sp³-hybridized carbons (Fsp3) is 0.632. The molecule has 2 atom stereocenters. The largest absolute Gasteiger partial charge is 0.326 e. The minimum absolute atomic E-state index is 0. The third-order valence-electron chi connectivity index (χ3n) is 5.10. The van der Waals surface area contributed by atoms with Crippen molar-refractivity contribution in [2.24, 2.45) is 5.92 Å². The zero-order valence-electron chi connectivity index (χ0n) is 14.6. The molecule has 0 saturated carbocycles. The number of halogens is 1. The quantitative estimate of drug-likeness (QED) is 0.856. The van der Waals surface area contributed by atoms with Gasteiger partial charge in [0.2, 0.25) is 5.91 Å². The molecule has 2 N–H and O–H groups in total. The molecule has 3 rings (SSSR count). The second-order valence-corrected chi connectivity index (χ2v) is 7.06. The molecule has 0 radical (unpaired) electrons. The van der Waals surface area contributed by atoms with E-state index in [1.807, 2.05) is 6.07 Å². The molecule has 0 unspecified atom stereocenters. The van der Waals surface area contributed by atoms with Gasteiger partial charge in [-0.2, -0.15) is 0 Å². The van der Waals surface area contributed by atoms with Gasteiger partial charge in [0.05, 0.1) is 0 Å². The molecule has 0 spiro atoms. The number of likely N-dealkylation sites (tertiary alicyclic amines) is 1. The van der Waals surface area contributed by atoms with Crippen molar-refractivity contribution in [3.63, 3.8) is 0 Å². The molecule has 2 fully saturated rings. The Labute approximate surface area is 151 Å². The highest BCUT2D eigenvalue weighted by atomic mass is 35.5. The summed E-state index contributed by atoms with van der Waals surface area (Å²) in [4.78, 5) is 15.0. The predicted octanol–water partition coefficient (Wildman–Crippen LogP) is 3.07. The second-order valence-electron chi connectivity index (χ2n) is 7.06. The smallest absolute Gasteiger partial charge is 0.227 e. The molecule has 1 aromatic carbocycles. The Morgan fingerprint density at radius 3 is 2.88 bits per heavy atom. The summed E-state index contributed by atoms with van der Waals surface area (Å²) in [6.07, 6.45) is 5.61. The average molecular weight is 352 g/mol. The van der Waals surface area contributed by atoms with E-state index in [1.54, 1.807) is 0 Å². The van der Waals surface area contributed by atoms with E-state index in [9.17, 15) is 4.79 Å². The van der Waals surface area contributed by atoms with Crippen molar-refractivity contribution in [2.75, 3.05) is 31.5 Å². The van der Waals surface area contributed by atoms with Crippen LogP contribution in [0.4, 0.5) is 5.69 Å². The van der Waals surface area contributed by atoms with Gasteiger partial charge in [-0.05, 0) is 76.4 Å². The molecule has 1 amide bonds. The van der Waals surface area contributed by atoms with Crippen LogP contribution in [0, 0.1) is 5.92 Å². The zero-order chi connectivity index (χ0) is 16.1. The van der Waals surface area contributed by atoms with E-state index in [4.69, 9.17) is 0 Å². The molecule has 134 valence electrons. The topological polar surface area (TPSA) is 44.4 Å². The van der Waals surface area contributed by atoms with Gasteiger partial charge in [0.1, 0.15) is 0 Å². The summed E-state index contributed by atoms with van der Waals surface area (Å²) in [7, 11) is 0. The number of rotatable bonds is 5. The van der Waals surface area contributed by atoms with Gasteiger partial charge in [-0.15, -0.1) is 12.4 Å². The molecule has 2 aliphatic rings. The van der Waals surface area contributed by atoms with Crippen molar-refractivity contribution >= 4 is 24.0 Å². The summed E-state index contributed by atoms with van der Waals surface area (Å²) in [5.41, 5.74) is 2.26. The summed E-state index contributed by atoms with van der Waals surface area (Å²) in [5, 5.41) is 6.52. The van der Waals surface area contributed by atoms with Crippen LogP contribution in [0.5, 0.6) is 0 Å². The number of hydrogen-bond acceptors (Lipinski definition) is 3. The van der Waals surface area contributed by atoms with Crippen LogP contribution in [0.2, 0.25) is 0 Å². The van der Waals surface area contributed by atoms with Gasteiger partial charge in [-0.3, -0.25) is 4.79 Å². The summed E-state index contributed by atoms with van der Waals surface area (Å²) >= 11 is 0. The second kappa shape index (κ2) is 9.40. The molecule has 0 bridgehead atoms. The maximum Gasteiger partial charge on any atom is 0.227 e. The average Bonchev–Trinajstić information content (AvgIpc) is 3.07. The lowest BCUT2D eigenvalue weighted by Crippen LogP contribution is -2.40. The Hall–Kier alpha value is -1.10. The van der Waals surface area contributed by atoms with Crippen LogP contribution < -0.4 is 10.6 Å².